The highest BCUT2D eigenvalue weighted by Gasteiger charge is 2.13. The average Bonchev–Trinajstić information content (AvgIpc) is 2.79. The van der Waals surface area contributed by atoms with E-state index in [0.717, 1.165) is 23.8 Å². The number of aryl methyl sites for hydroxylation is 2. The summed E-state index contributed by atoms with van der Waals surface area (Å²) in [6.07, 6.45) is 1.55. The summed E-state index contributed by atoms with van der Waals surface area (Å²) < 4.78 is 7.61. The number of nitriles is 1. The molecule has 0 radical (unpaired) electrons. The largest absolute Gasteiger partial charge is 0.487 e. The highest BCUT2D eigenvalue weighted by atomic mass is 127. The summed E-state index contributed by atoms with van der Waals surface area (Å²) in [6.45, 7) is 4.24. The van der Waals surface area contributed by atoms with Gasteiger partial charge < -0.3 is 15.2 Å². The molecule has 0 bridgehead atoms. The number of carbonyl (C=O) groups excluding carboxylic acids is 1. The third kappa shape index (κ3) is 6.57. The van der Waals surface area contributed by atoms with Crippen molar-refractivity contribution in [3.63, 3.8) is 0 Å². The Bertz CT molecular complexity index is 1300. The molecule has 0 aliphatic heterocycles. The topological polar surface area (TPSA) is 99.4 Å². The van der Waals surface area contributed by atoms with Crippen LogP contribution in [-0.4, -0.2) is 17.0 Å². The predicted octanol–water partition coefficient (Wildman–Crippen LogP) is 6.34. The molecule has 2 N–H and O–H groups in total. The van der Waals surface area contributed by atoms with E-state index >= 15 is 0 Å². The van der Waals surface area contributed by atoms with Crippen LogP contribution in [0.2, 0.25) is 0 Å². The second kappa shape index (κ2) is 11.5. The molecule has 0 spiro atoms. The van der Waals surface area contributed by atoms with Gasteiger partial charge in [-0.3, -0.25) is 4.79 Å². The van der Waals surface area contributed by atoms with Gasteiger partial charge in [0.15, 0.2) is 0 Å². The van der Waals surface area contributed by atoms with Gasteiger partial charge in [-0.05, 0) is 124 Å². The second-order valence-electron chi connectivity index (χ2n) is 7.53. The summed E-state index contributed by atoms with van der Waals surface area (Å²) in [5.74, 6) is -0.765. The molecule has 0 saturated carbocycles. The van der Waals surface area contributed by atoms with E-state index in [4.69, 9.17) is 9.84 Å². The van der Waals surface area contributed by atoms with Crippen molar-refractivity contribution in [2.75, 3.05) is 5.32 Å². The molecule has 0 aliphatic carbocycles. The number of anilines is 1. The van der Waals surface area contributed by atoms with Crippen molar-refractivity contribution in [2.24, 2.45) is 0 Å². The van der Waals surface area contributed by atoms with Crippen LogP contribution < -0.4 is 10.1 Å². The van der Waals surface area contributed by atoms with Crippen LogP contribution in [-0.2, 0) is 11.4 Å². The van der Waals surface area contributed by atoms with E-state index in [1.54, 1.807) is 18.2 Å². The first-order valence-electron chi connectivity index (χ1n) is 10.1. The number of hydrogen-bond acceptors (Lipinski definition) is 4. The molecular formula is C26H20I2N2O4. The molecule has 172 valence electrons. The van der Waals surface area contributed by atoms with E-state index in [0.29, 0.717) is 17.0 Å². The summed E-state index contributed by atoms with van der Waals surface area (Å²) >= 11 is 4.30. The van der Waals surface area contributed by atoms with Crippen molar-refractivity contribution in [2.45, 2.75) is 20.5 Å². The van der Waals surface area contributed by atoms with Crippen LogP contribution in [0.5, 0.6) is 5.75 Å². The number of carboxylic acid groups (broad SMARTS) is 1. The van der Waals surface area contributed by atoms with Gasteiger partial charge in [-0.1, -0.05) is 18.2 Å². The van der Waals surface area contributed by atoms with Gasteiger partial charge >= 0.3 is 5.97 Å². The van der Waals surface area contributed by atoms with E-state index in [-0.39, 0.29) is 17.7 Å². The van der Waals surface area contributed by atoms with Crippen molar-refractivity contribution in [1.29, 1.82) is 5.26 Å². The van der Waals surface area contributed by atoms with Crippen LogP contribution in [0.25, 0.3) is 6.08 Å². The lowest BCUT2D eigenvalue weighted by Gasteiger charge is -2.12. The minimum absolute atomic E-state index is 0.00276. The van der Waals surface area contributed by atoms with Gasteiger partial charge in [0.25, 0.3) is 5.91 Å². The first kappa shape index (κ1) is 25.7. The molecule has 0 fully saturated rings. The fraction of sp³-hybridized carbons (Fsp3) is 0.115. The fourth-order valence-corrected chi connectivity index (χ4v) is 5.16. The second-order valence-corrected chi connectivity index (χ2v) is 9.85. The summed E-state index contributed by atoms with van der Waals surface area (Å²) in [5, 5.41) is 21.3. The van der Waals surface area contributed by atoms with Crippen molar-refractivity contribution in [3.05, 3.63) is 95.1 Å². The Hall–Kier alpha value is -2.91. The molecule has 0 atom stereocenters. The third-order valence-electron chi connectivity index (χ3n) is 5.05. The number of rotatable bonds is 7. The normalized spacial score (nSPS) is 11.0. The number of ether oxygens (including phenoxy) is 1. The number of carboxylic acids is 1. The molecule has 34 heavy (non-hydrogen) atoms. The van der Waals surface area contributed by atoms with Gasteiger partial charge in [0, 0.05) is 5.69 Å². The molecular weight excluding hydrogens is 658 g/mol. The Balaban J connectivity index is 1.75. The lowest BCUT2D eigenvalue weighted by Crippen LogP contribution is -2.13. The molecule has 3 aromatic rings. The molecule has 0 heterocycles. The van der Waals surface area contributed by atoms with Gasteiger partial charge in [0.1, 0.15) is 24.0 Å². The Morgan fingerprint density at radius 1 is 1.03 bits per heavy atom. The van der Waals surface area contributed by atoms with Crippen LogP contribution in [0.3, 0.4) is 0 Å². The third-order valence-corrected chi connectivity index (χ3v) is 6.65. The first-order chi connectivity index (χ1) is 16.2. The maximum absolute atomic E-state index is 12.6. The zero-order valence-electron chi connectivity index (χ0n) is 18.4. The molecule has 3 aromatic carbocycles. The van der Waals surface area contributed by atoms with Gasteiger partial charge in [0.2, 0.25) is 0 Å². The van der Waals surface area contributed by atoms with E-state index in [2.05, 4.69) is 50.5 Å². The number of benzene rings is 3. The summed E-state index contributed by atoms with van der Waals surface area (Å²) in [7, 11) is 0. The maximum Gasteiger partial charge on any atom is 0.335 e. The molecule has 3 rings (SSSR count). The van der Waals surface area contributed by atoms with Crippen LogP contribution in [0.15, 0.2) is 60.2 Å². The van der Waals surface area contributed by atoms with Gasteiger partial charge in [-0.25, -0.2) is 4.79 Å². The molecule has 6 nitrogen and oxygen atoms in total. The standard InChI is InChI=1S/C26H20I2N2O4/c1-15-3-8-21(9-16(15)2)30-25(31)20(13-29)10-18-11-22(27)24(23(28)12-18)34-14-17-4-6-19(7-5-17)26(32)33/h3-12H,14H2,1-2H3,(H,30,31)(H,32,33)/b20-10-. The molecule has 1 amide bonds. The van der Waals surface area contributed by atoms with Crippen LogP contribution >= 0.6 is 45.2 Å². The molecule has 0 aromatic heterocycles. The number of hydrogen-bond donors (Lipinski definition) is 2. The van der Waals surface area contributed by atoms with Gasteiger partial charge in [0.05, 0.1) is 12.7 Å². The van der Waals surface area contributed by atoms with Crippen LogP contribution in [0.4, 0.5) is 5.69 Å². The summed E-state index contributed by atoms with van der Waals surface area (Å²) in [4.78, 5) is 23.6. The number of nitrogens with one attached hydrogen (secondary N) is 1. The van der Waals surface area contributed by atoms with E-state index in [9.17, 15) is 14.9 Å². The minimum atomic E-state index is -0.973. The number of carbonyl (C=O) groups is 2. The highest BCUT2D eigenvalue weighted by molar-refractivity contribution is 14.1. The lowest BCUT2D eigenvalue weighted by atomic mass is 10.1. The molecule has 0 aliphatic rings. The maximum atomic E-state index is 12.6. The molecule has 8 heteroatoms. The summed E-state index contributed by atoms with van der Waals surface area (Å²) in [5.41, 5.74) is 4.58. The van der Waals surface area contributed by atoms with E-state index in [1.165, 1.54) is 12.1 Å². The van der Waals surface area contributed by atoms with Crippen molar-refractivity contribution in [3.8, 4) is 11.8 Å². The number of halogens is 2. The Labute approximate surface area is 224 Å². The van der Waals surface area contributed by atoms with Crippen molar-refractivity contribution >= 4 is 68.8 Å². The average molecular weight is 678 g/mol. The monoisotopic (exact) mass is 678 g/mol. The Morgan fingerprint density at radius 3 is 2.24 bits per heavy atom. The first-order valence-corrected chi connectivity index (χ1v) is 12.3. The minimum Gasteiger partial charge on any atom is -0.487 e. The summed E-state index contributed by atoms with van der Waals surface area (Å²) in [6, 6.07) is 17.8. The van der Waals surface area contributed by atoms with Crippen LogP contribution in [0, 0.1) is 32.3 Å². The molecule has 0 saturated heterocycles. The quantitative estimate of drug-likeness (QED) is 0.173. The van der Waals surface area contributed by atoms with Crippen molar-refractivity contribution < 1.29 is 19.4 Å². The zero-order chi connectivity index (χ0) is 24.8. The predicted molar refractivity (Wildman–Crippen MR) is 148 cm³/mol. The SMILES string of the molecule is Cc1ccc(NC(=O)/C(C#N)=C\c2cc(I)c(OCc3ccc(C(=O)O)cc3)c(I)c2)cc1C. The van der Waals surface area contributed by atoms with Gasteiger partial charge in [-0.2, -0.15) is 5.26 Å². The van der Waals surface area contributed by atoms with Gasteiger partial charge in [-0.15, -0.1) is 0 Å². The van der Waals surface area contributed by atoms with Crippen LogP contribution in [0.1, 0.15) is 32.6 Å². The number of nitrogens with zero attached hydrogens (tertiary/aromatic N) is 1. The van der Waals surface area contributed by atoms with Crippen molar-refractivity contribution in [1.82, 2.24) is 0 Å². The Morgan fingerprint density at radius 2 is 1.68 bits per heavy atom. The smallest absolute Gasteiger partial charge is 0.335 e. The number of amides is 1. The lowest BCUT2D eigenvalue weighted by molar-refractivity contribution is -0.112. The Kier molecular flexibility index (Phi) is 8.68. The van der Waals surface area contributed by atoms with E-state index in [1.807, 2.05) is 50.2 Å². The fourth-order valence-electron chi connectivity index (χ4n) is 3.03. The highest BCUT2D eigenvalue weighted by Crippen LogP contribution is 2.30. The number of aromatic carboxylic acids is 1. The zero-order valence-corrected chi connectivity index (χ0v) is 22.7. The van der Waals surface area contributed by atoms with E-state index < -0.39 is 11.9 Å². The molecule has 0 unspecified atom stereocenters.